The first-order chi connectivity index (χ1) is 18.7. The maximum absolute atomic E-state index is 13.2. The van der Waals surface area contributed by atoms with Crippen molar-refractivity contribution in [2.24, 2.45) is 0 Å². The number of ether oxygens (including phenoxy) is 1. The Labute approximate surface area is 235 Å². The number of nitrogens with one attached hydrogen (secondary N) is 2. The molecule has 0 unspecified atom stereocenters. The second-order valence-corrected chi connectivity index (χ2v) is 9.60. The molecule has 0 aromatic heterocycles. The van der Waals surface area contributed by atoms with Gasteiger partial charge in [0.1, 0.15) is 10.7 Å². The number of imide groups is 1. The van der Waals surface area contributed by atoms with E-state index in [9.17, 15) is 19.2 Å². The van der Waals surface area contributed by atoms with Crippen LogP contribution in [0.15, 0.2) is 77.5 Å². The zero-order valence-electron chi connectivity index (χ0n) is 21.2. The fourth-order valence-corrected chi connectivity index (χ4v) is 4.27. The molecule has 0 radical (unpaired) electrons. The lowest BCUT2D eigenvalue weighted by Gasteiger charge is -2.16. The van der Waals surface area contributed by atoms with E-state index in [1.54, 1.807) is 36.4 Å². The van der Waals surface area contributed by atoms with Gasteiger partial charge in [-0.3, -0.25) is 14.4 Å². The molecule has 10 heteroatoms. The second-order valence-electron chi connectivity index (χ2n) is 8.79. The standard InChI is InChI=1S/C29H25Cl2N3O5/c1-3-4-14-39-29(38)18-8-11-22(12-9-18)34-27(36)24(31)25(28(34)37)32-21-7-5-6-19(16-21)26(35)33-23-13-10-20(30)15-17(23)2/h5-13,15-16,32H,3-4,14H2,1-2H3,(H,33,35). The number of benzene rings is 3. The van der Waals surface area contributed by atoms with Crippen molar-refractivity contribution in [2.45, 2.75) is 26.7 Å². The molecular weight excluding hydrogens is 541 g/mol. The maximum Gasteiger partial charge on any atom is 0.338 e. The van der Waals surface area contributed by atoms with Crippen LogP contribution in [0.5, 0.6) is 0 Å². The third-order valence-corrected chi connectivity index (χ3v) is 6.54. The summed E-state index contributed by atoms with van der Waals surface area (Å²) in [7, 11) is 0. The van der Waals surface area contributed by atoms with Crippen LogP contribution < -0.4 is 15.5 Å². The number of halogens is 2. The Morgan fingerprint density at radius 3 is 2.36 bits per heavy atom. The van der Waals surface area contributed by atoms with Crippen LogP contribution in [0.25, 0.3) is 0 Å². The normalized spacial score (nSPS) is 13.1. The molecule has 200 valence electrons. The van der Waals surface area contributed by atoms with Crippen LogP contribution in [-0.2, 0) is 14.3 Å². The monoisotopic (exact) mass is 565 g/mol. The minimum absolute atomic E-state index is 0.129. The summed E-state index contributed by atoms with van der Waals surface area (Å²) in [6, 6.07) is 17.5. The molecule has 39 heavy (non-hydrogen) atoms. The number of hydrogen-bond donors (Lipinski definition) is 2. The van der Waals surface area contributed by atoms with Crippen LogP contribution in [0.2, 0.25) is 5.02 Å². The van der Waals surface area contributed by atoms with Gasteiger partial charge in [-0.15, -0.1) is 0 Å². The molecule has 1 heterocycles. The van der Waals surface area contributed by atoms with Gasteiger partial charge in [-0.25, -0.2) is 9.69 Å². The number of unbranched alkanes of at least 4 members (excludes halogenated alkanes) is 1. The predicted octanol–water partition coefficient (Wildman–Crippen LogP) is 6.29. The summed E-state index contributed by atoms with van der Waals surface area (Å²) >= 11 is 12.2. The molecule has 0 fully saturated rings. The van der Waals surface area contributed by atoms with Gasteiger partial charge in [0.2, 0.25) is 0 Å². The average molecular weight is 566 g/mol. The minimum atomic E-state index is -0.713. The topological polar surface area (TPSA) is 105 Å². The highest BCUT2D eigenvalue weighted by Crippen LogP contribution is 2.31. The summed E-state index contributed by atoms with van der Waals surface area (Å²) in [6.07, 6.45) is 1.66. The zero-order valence-corrected chi connectivity index (χ0v) is 22.7. The van der Waals surface area contributed by atoms with Crippen LogP contribution in [-0.4, -0.2) is 30.3 Å². The summed E-state index contributed by atoms with van der Waals surface area (Å²) in [5.41, 5.74) is 2.54. The number of anilines is 3. The highest BCUT2D eigenvalue weighted by Gasteiger charge is 2.39. The molecule has 3 amide bonds. The van der Waals surface area contributed by atoms with E-state index >= 15 is 0 Å². The van der Waals surface area contributed by atoms with Gasteiger partial charge in [-0.05, 0) is 79.6 Å². The molecular formula is C29H25Cl2N3O5. The van der Waals surface area contributed by atoms with Crippen LogP contribution >= 0.6 is 23.2 Å². The van der Waals surface area contributed by atoms with E-state index in [-0.39, 0.29) is 22.3 Å². The molecule has 1 aliphatic heterocycles. The third kappa shape index (κ3) is 6.30. The molecule has 0 spiro atoms. The smallest absolute Gasteiger partial charge is 0.338 e. The number of carbonyl (C=O) groups is 4. The number of rotatable bonds is 9. The van der Waals surface area contributed by atoms with Crippen LogP contribution in [0.4, 0.5) is 17.1 Å². The largest absolute Gasteiger partial charge is 0.462 e. The quantitative estimate of drug-likeness (QED) is 0.179. The molecule has 8 nitrogen and oxygen atoms in total. The molecule has 0 saturated heterocycles. The van der Waals surface area contributed by atoms with Gasteiger partial charge in [0.25, 0.3) is 17.7 Å². The Bertz CT molecular complexity index is 1480. The van der Waals surface area contributed by atoms with Crippen molar-refractivity contribution in [2.75, 3.05) is 22.1 Å². The molecule has 0 bridgehead atoms. The van der Waals surface area contributed by atoms with E-state index in [0.29, 0.717) is 34.1 Å². The number of hydrogen-bond acceptors (Lipinski definition) is 6. The van der Waals surface area contributed by atoms with Gasteiger partial charge in [-0.1, -0.05) is 42.6 Å². The molecule has 3 aromatic carbocycles. The van der Waals surface area contributed by atoms with Crippen molar-refractivity contribution < 1.29 is 23.9 Å². The van der Waals surface area contributed by atoms with Crippen LogP contribution in [0.1, 0.15) is 46.0 Å². The number of aryl methyl sites for hydroxylation is 1. The maximum atomic E-state index is 13.2. The Morgan fingerprint density at radius 1 is 0.923 bits per heavy atom. The highest BCUT2D eigenvalue weighted by atomic mass is 35.5. The lowest BCUT2D eigenvalue weighted by Crippen LogP contribution is -2.32. The molecule has 4 rings (SSSR count). The van der Waals surface area contributed by atoms with E-state index in [1.807, 2.05) is 13.8 Å². The predicted molar refractivity (Wildman–Crippen MR) is 151 cm³/mol. The van der Waals surface area contributed by atoms with Crippen LogP contribution in [0, 0.1) is 6.92 Å². The Morgan fingerprint density at radius 2 is 1.67 bits per heavy atom. The van der Waals surface area contributed by atoms with Crippen LogP contribution in [0.3, 0.4) is 0 Å². The fourth-order valence-electron chi connectivity index (χ4n) is 3.83. The van der Waals surface area contributed by atoms with Crippen molar-refractivity contribution in [3.63, 3.8) is 0 Å². The Balaban J connectivity index is 1.47. The second kappa shape index (κ2) is 12.1. The van der Waals surface area contributed by atoms with E-state index in [2.05, 4.69) is 10.6 Å². The first kappa shape index (κ1) is 27.9. The highest BCUT2D eigenvalue weighted by molar-refractivity contribution is 6.53. The van der Waals surface area contributed by atoms with E-state index in [0.717, 1.165) is 23.3 Å². The molecule has 1 aliphatic rings. The van der Waals surface area contributed by atoms with Crippen molar-refractivity contribution >= 4 is 64.0 Å². The molecule has 3 aromatic rings. The number of esters is 1. The summed E-state index contributed by atoms with van der Waals surface area (Å²) < 4.78 is 5.19. The van der Waals surface area contributed by atoms with Crippen molar-refractivity contribution in [3.8, 4) is 0 Å². The minimum Gasteiger partial charge on any atom is -0.462 e. The van der Waals surface area contributed by atoms with E-state index < -0.39 is 17.8 Å². The Kier molecular flexibility index (Phi) is 8.69. The zero-order chi connectivity index (χ0) is 28.1. The average Bonchev–Trinajstić information content (AvgIpc) is 3.13. The third-order valence-electron chi connectivity index (χ3n) is 5.95. The lowest BCUT2D eigenvalue weighted by atomic mass is 10.1. The summed E-state index contributed by atoms with van der Waals surface area (Å²) in [5.74, 6) is -2.24. The SMILES string of the molecule is CCCCOC(=O)c1ccc(N2C(=O)C(Cl)=C(Nc3cccc(C(=O)Nc4ccc(Cl)cc4C)c3)C2=O)cc1. The summed E-state index contributed by atoms with van der Waals surface area (Å²) in [5, 5.41) is 5.97. The van der Waals surface area contributed by atoms with Gasteiger partial charge in [-0.2, -0.15) is 0 Å². The summed E-state index contributed by atoms with van der Waals surface area (Å²) in [6.45, 7) is 4.14. The summed E-state index contributed by atoms with van der Waals surface area (Å²) in [4.78, 5) is 51.9. The lowest BCUT2D eigenvalue weighted by molar-refractivity contribution is -0.120. The van der Waals surface area contributed by atoms with Gasteiger partial charge < -0.3 is 15.4 Å². The number of nitrogens with zero attached hydrogens (tertiary/aromatic N) is 1. The van der Waals surface area contributed by atoms with Gasteiger partial charge >= 0.3 is 5.97 Å². The molecule has 0 atom stereocenters. The van der Waals surface area contributed by atoms with Crippen molar-refractivity contribution in [1.82, 2.24) is 0 Å². The molecule has 2 N–H and O–H groups in total. The molecule has 0 aliphatic carbocycles. The Hall–Kier alpha value is -4.14. The van der Waals surface area contributed by atoms with Crippen molar-refractivity contribution in [3.05, 3.63) is 99.2 Å². The number of carbonyl (C=O) groups excluding carboxylic acids is 4. The fraction of sp³-hybridized carbons (Fsp3) is 0.172. The van der Waals surface area contributed by atoms with E-state index in [1.165, 1.54) is 30.3 Å². The first-order valence-corrected chi connectivity index (χ1v) is 13.0. The van der Waals surface area contributed by atoms with E-state index in [4.69, 9.17) is 27.9 Å². The molecule has 0 saturated carbocycles. The first-order valence-electron chi connectivity index (χ1n) is 12.2. The van der Waals surface area contributed by atoms with Gasteiger partial charge in [0.15, 0.2) is 0 Å². The van der Waals surface area contributed by atoms with Gasteiger partial charge in [0.05, 0.1) is 17.9 Å². The van der Waals surface area contributed by atoms with Crippen molar-refractivity contribution in [1.29, 1.82) is 0 Å². The van der Waals surface area contributed by atoms with Gasteiger partial charge in [0, 0.05) is 22.0 Å². The number of amides is 3.